The van der Waals surface area contributed by atoms with Gasteiger partial charge in [-0.3, -0.25) is 4.79 Å². The Morgan fingerprint density at radius 1 is 1.50 bits per heavy atom. The van der Waals surface area contributed by atoms with Crippen molar-refractivity contribution in [1.29, 1.82) is 0 Å². The molecule has 2 aromatic rings. The maximum atomic E-state index is 12.6. The highest BCUT2D eigenvalue weighted by atomic mass is 16.5. The van der Waals surface area contributed by atoms with Crippen molar-refractivity contribution in [3.05, 3.63) is 41.7 Å². The Morgan fingerprint density at radius 2 is 2.27 bits per heavy atom. The predicted molar refractivity (Wildman–Crippen MR) is 82.5 cm³/mol. The van der Waals surface area contributed by atoms with E-state index in [4.69, 9.17) is 4.74 Å². The summed E-state index contributed by atoms with van der Waals surface area (Å²) in [7, 11) is 1.96. The molecular weight excluding hydrogens is 280 g/mol. The van der Waals surface area contributed by atoms with Gasteiger partial charge < -0.3 is 19.6 Å². The van der Waals surface area contributed by atoms with Gasteiger partial charge in [0.25, 0.3) is 5.91 Å². The van der Waals surface area contributed by atoms with Crippen LogP contribution in [0.2, 0.25) is 0 Å². The molecule has 0 bridgehead atoms. The number of hydrogen-bond donors (Lipinski definition) is 2. The fourth-order valence-corrected chi connectivity index (χ4v) is 3.02. The first-order chi connectivity index (χ1) is 10.7. The number of aryl methyl sites for hydroxylation is 2. The number of aromatic amines is 1. The minimum absolute atomic E-state index is 0.0815. The molecule has 22 heavy (non-hydrogen) atoms. The zero-order chi connectivity index (χ0) is 15.5. The molecule has 6 heteroatoms. The van der Waals surface area contributed by atoms with Gasteiger partial charge in [-0.05, 0) is 37.3 Å². The predicted octanol–water partition coefficient (Wildman–Crippen LogP) is 1.95. The van der Waals surface area contributed by atoms with Crippen LogP contribution < -0.4 is 5.32 Å². The number of nitrogens with zero attached hydrogens (tertiary/aromatic N) is 2. The highest BCUT2D eigenvalue weighted by molar-refractivity contribution is 5.94. The van der Waals surface area contributed by atoms with E-state index < -0.39 is 0 Å². The number of carbonyl (C=O) groups excluding carboxylic acids is 1. The van der Waals surface area contributed by atoms with E-state index in [1.165, 1.54) is 0 Å². The maximum absolute atomic E-state index is 12.6. The maximum Gasteiger partial charge on any atom is 0.268 e. The van der Waals surface area contributed by atoms with Crippen LogP contribution in [0, 0.1) is 12.8 Å². The number of nitrogens with one attached hydrogen (secondary N) is 2. The minimum Gasteiger partial charge on any atom is -0.381 e. The van der Waals surface area contributed by atoms with Gasteiger partial charge in [-0.25, -0.2) is 4.98 Å². The van der Waals surface area contributed by atoms with E-state index in [9.17, 15) is 4.79 Å². The number of imidazole rings is 1. The average Bonchev–Trinajstić information content (AvgIpc) is 3.14. The number of H-pyrrole nitrogens is 1. The van der Waals surface area contributed by atoms with Crippen LogP contribution in [-0.2, 0) is 11.8 Å². The summed E-state index contributed by atoms with van der Waals surface area (Å²) >= 11 is 0. The molecule has 1 aliphatic heterocycles. The molecule has 3 heterocycles. The Hall–Kier alpha value is -2.08. The van der Waals surface area contributed by atoms with Crippen LogP contribution in [-0.4, -0.2) is 33.7 Å². The van der Waals surface area contributed by atoms with Gasteiger partial charge in [0, 0.05) is 38.9 Å². The van der Waals surface area contributed by atoms with E-state index >= 15 is 0 Å². The Balaban J connectivity index is 1.84. The van der Waals surface area contributed by atoms with Gasteiger partial charge in [-0.1, -0.05) is 0 Å². The molecule has 1 fully saturated rings. The summed E-state index contributed by atoms with van der Waals surface area (Å²) < 4.78 is 7.42. The Morgan fingerprint density at radius 3 is 2.86 bits per heavy atom. The van der Waals surface area contributed by atoms with E-state index in [1.54, 1.807) is 12.4 Å². The molecule has 3 rings (SSSR count). The summed E-state index contributed by atoms with van der Waals surface area (Å²) in [6.07, 6.45) is 7.33. The molecule has 0 saturated carbocycles. The van der Waals surface area contributed by atoms with Crippen LogP contribution in [0.15, 0.2) is 24.7 Å². The summed E-state index contributed by atoms with van der Waals surface area (Å²) in [6.45, 7) is 3.40. The lowest BCUT2D eigenvalue weighted by Crippen LogP contribution is -2.37. The van der Waals surface area contributed by atoms with Gasteiger partial charge in [0.1, 0.15) is 11.5 Å². The smallest absolute Gasteiger partial charge is 0.268 e. The lowest BCUT2D eigenvalue weighted by Gasteiger charge is -2.30. The minimum atomic E-state index is -0.0981. The van der Waals surface area contributed by atoms with Crippen LogP contribution in [0.1, 0.15) is 40.8 Å². The third-order valence-corrected chi connectivity index (χ3v) is 4.34. The third kappa shape index (κ3) is 2.92. The molecule has 0 aromatic carbocycles. The van der Waals surface area contributed by atoms with Gasteiger partial charge in [0.15, 0.2) is 0 Å². The number of aromatic nitrogens is 3. The lowest BCUT2D eigenvalue weighted by molar-refractivity contribution is 0.0498. The second kappa shape index (κ2) is 6.36. The first-order valence-corrected chi connectivity index (χ1v) is 7.66. The monoisotopic (exact) mass is 302 g/mol. The fraction of sp³-hybridized carbons (Fsp3) is 0.500. The van der Waals surface area contributed by atoms with Gasteiger partial charge in [0.05, 0.1) is 6.04 Å². The van der Waals surface area contributed by atoms with E-state index in [-0.39, 0.29) is 11.9 Å². The number of hydrogen-bond acceptors (Lipinski definition) is 3. The number of carbonyl (C=O) groups is 1. The summed E-state index contributed by atoms with van der Waals surface area (Å²) in [5, 5.41) is 3.16. The molecule has 0 spiro atoms. The van der Waals surface area contributed by atoms with Crippen molar-refractivity contribution in [2.24, 2.45) is 13.0 Å². The summed E-state index contributed by atoms with van der Waals surface area (Å²) in [6, 6.07) is 1.80. The zero-order valence-electron chi connectivity index (χ0n) is 13.0. The van der Waals surface area contributed by atoms with Crippen molar-refractivity contribution in [2.45, 2.75) is 25.8 Å². The second-order valence-corrected chi connectivity index (χ2v) is 5.83. The molecule has 1 amide bonds. The molecule has 0 aliphatic carbocycles. The largest absolute Gasteiger partial charge is 0.381 e. The number of rotatable bonds is 4. The van der Waals surface area contributed by atoms with E-state index in [1.807, 2.05) is 30.8 Å². The van der Waals surface area contributed by atoms with Crippen LogP contribution in [0.3, 0.4) is 0 Å². The highest BCUT2D eigenvalue weighted by Crippen LogP contribution is 2.29. The molecule has 1 atom stereocenters. The standard InChI is InChI=1S/C16H22N4O2/c1-11-3-6-17-13(11)16(21)19-14(12-4-9-22-10-5-12)15-18-7-8-20(15)2/h3,6-8,12,14,17H,4-5,9-10H2,1-2H3,(H,19,21)/t14-/m0/s1. The van der Waals surface area contributed by atoms with E-state index in [2.05, 4.69) is 15.3 Å². The molecule has 2 aromatic heterocycles. The molecule has 0 unspecified atom stereocenters. The zero-order valence-corrected chi connectivity index (χ0v) is 13.0. The van der Waals surface area contributed by atoms with Crippen molar-refractivity contribution in [2.75, 3.05) is 13.2 Å². The molecule has 118 valence electrons. The Labute approximate surface area is 129 Å². The summed E-state index contributed by atoms with van der Waals surface area (Å²) in [5.41, 5.74) is 1.56. The van der Waals surface area contributed by atoms with Crippen molar-refractivity contribution in [3.63, 3.8) is 0 Å². The quantitative estimate of drug-likeness (QED) is 0.907. The Kier molecular flexibility index (Phi) is 4.29. The van der Waals surface area contributed by atoms with Crippen molar-refractivity contribution in [3.8, 4) is 0 Å². The van der Waals surface area contributed by atoms with Crippen LogP contribution in [0.5, 0.6) is 0 Å². The first kappa shape index (κ1) is 14.8. The van der Waals surface area contributed by atoms with Gasteiger partial charge in [-0.15, -0.1) is 0 Å². The highest BCUT2D eigenvalue weighted by Gasteiger charge is 2.30. The van der Waals surface area contributed by atoms with Crippen LogP contribution >= 0.6 is 0 Å². The molecule has 6 nitrogen and oxygen atoms in total. The molecule has 1 saturated heterocycles. The van der Waals surface area contributed by atoms with Crippen LogP contribution in [0.4, 0.5) is 0 Å². The SMILES string of the molecule is Cc1cc[nH]c1C(=O)N[C@H](c1nccn1C)C1CCOCC1. The van der Waals surface area contributed by atoms with E-state index in [0.717, 1.165) is 37.4 Å². The number of ether oxygens (including phenoxy) is 1. The van der Waals surface area contributed by atoms with Crippen molar-refractivity contribution in [1.82, 2.24) is 19.9 Å². The van der Waals surface area contributed by atoms with Gasteiger partial charge >= 0.3 is 0 Å². The summed E-state index contributed by atoms with van der Waals surface area (Å²) in [4.78, 5) is 20.0. The van der Waals surface area contributed by atoms with Crippen LogP contribution in [0.25, 0.3) is 0 Å². The second-order valence-electron chi connectivity index (χ2n) is 5.83. The molecule has 2 N–H and O–H groups in total. The lowest BCUT2D eigenvalue weighted by atomic mass is 9.91. The fourth-order valence-electron chi connectivity index (χ4n) is 3.02. The van der Waals surface area contributed by atoms with Gasteiger partial charge in [0.2, 0.25) is 0 Å². The van der Waals surface area contributed by atoms with Crippen molar-refractivity contribution < 1.29 is 9.53 Å². The molecular formula is C16H22N4O2. The Bertz CT molecular complexity index is 640. The number of amides is 1. The molecule has 1 aliphatic rings. The van der Waals surface area contributed by atoms with E-state index in [0.29, 0.717) is 11.6 Å². The third-order valence-electron chi connectivity index (χ3n) is 4.34. The van der Waals surface area contributed by atoms with Gasteiger partial charge in [-0.2, -0.15) is 0 Å². The normalized spacial score (nSPS) is 17.4. The molecule has 0 radical (unpaired) electrons. The summed E-state index contributed by atoms with van der Waals surface area (Å²) in [5.74, 6) is 1.15. The first-order valence-electron chi connectivity index (χ1n) is 7.66. The topological polar surface area (TPSA) is 71.9 Å². The average molecular weight is 302 g/mol. The van der Waals surface area contributed by atoms with Crippen molar-refractivity contribution >= 4 is 5.91 Å².